The summed E-state index contributed by atoms with van der Waals surface area (Å²) >= 11 is 6.13. The van der Waals surface area contributed by atoms with E-state index in [4.69, 9.17) is 11.6 Å². The number of ketones is 1. The van der Waals surface area contributed by atoms with E-state index in [1.54, 1.807) is 48.5 Å². The van der Waals surface area contributed by atoms with Crippen LogP contribution in [0.3, 0.4) is 0 Å². The molecule has 2 amide bonds. The van der Waals surface area contributed by atoms with Crippen molar-refractivity contribution >= 4 is 34.9 Å². The molecule has 5 nitrogen and oxygen atoms in total. The second-order valence-electron chi connectivity index (χ2n) is 6.80. The summed E-state index contributed by atoms with van der Waals surface area (Å²) in [5.41, 5.74) is 2.30. The van der Waals surface area contributed by atoms with Gasteiger partial charge in [-0.2, -0.15) is 0 Å². The molecule has 0 aliphatic rings. The van der Waals surface area contributed by atoms with Crippen LogP contribution in [-0.4, -0.2) is 17.6 Å². The van der Waals surface area contributed by atoms with E-state index in [9.17, 15) is 14.4 Å². The molecule has 0 saturated heterocycles. The van der Waals surface area contributed by atoms with Crippen LogP contribution in [0.1, 0.15) is 45.7 Å². The quantitative estimate of drug-likeness (QED) is 0.525. The number of halogens is 1. The van der Waals surface area contributed by atoms with Gasteiger partial charge in [0, 0.05) is 11.3 Å². The molecule has 3 rings (SSSR count). The molecular weight excluding hydrogens is 400 g/mol. The van der Waals surface area contributed by atoms with Gasteiger partial charge in [-0.05, 0) is 48.9 Å². The number of amides is 2. The van der Waals surface area contributed by atoms with Crippen molar-refractivity contribution in [1.29, 1.82) is 0 Å². The van der Waals surface area contributed by atoms with Crippen LogP contribution < -0.4 is 10.6 Å². The maximum absolute atomic E-state index is 12.7. The van der Waals surface area contributed by atoms with Crippen molar-refractivity contribution in [3.63, 3.8) is 0 Å². The third kappa shape index (κ3) is 5.55. The molecule has 152 valence electrons. The Morgan fingerprint density at radius 1 is 0.867 bits per heavy atom. The molecule has 0 unspecified atom stereocenters. The van der Waals surface area contributed by atoms with Crippen LogP contribution >= 0.6 is 11.6 Å². The molecule has 30 heavy (non-hydrogen) atoms. The molecule has 0 aromatic heterocycles. The number of hydrogen-bond acceptors (Lipinski definition) is 3. The van der Waals surface area contributed by atoms with Gasteiger partial charge in [-0.3, -0.25) is 14.4 Å². The van der Waals surface area contributed by atoms with Crippen LogP contribution in [0.2, 0.25) is 5.02 Å². The van der Waals surface area contributed by atoms with E-state index < -0.39 is 6.04 Å². The van der Waals surface area contributed by atoms with Gasteiger partial charge in [0.2, 0.25) is 5.91 Å². The minimum Gasteiger partial charge on any atom is -0.345 e. The van der Waals surface area contributed by atoms with Crippen LogP contribution in [0, 0.1) is 0 Å². The zero-order chi connectivity index (χ0) is 21.5. The predicted molar refractivity (Wildman–Crippen MR) is 118 cm³/mol. The predicted octanol–water partition coefficient (Wildman–Crippen LogP) is 5.04. The second-order valence-corrected chi connectivity index (χ2v) is 7.21. The SMILES string of the molecule is CC(=O)c1ccc(NC(=O)C[C@H](NC(=O)c2ccccc2Cl)c2ccccc2)cc1. The lowest BCUT2D eigenvalue weighted by Crippen LogP contribution is -2.31. The highest BCUT2D eigenvalue weighted by atomic mass is 35.5. The van der Waals surface area contributed by atoms with E-state index in [0.717, 1.165) is 5.56 Å². The Kier molecular flexibility index (Phi) is 6.99. The first-order valence-corrected chi connectivity index (χ1v) is 9.83. The molecule has 0 saturated carbocycles. The zero-order valence-electron chi connectivity index (χ0n) is 16.4. The van der Waals surface area contributed by atoms with Crippen molar-refractivity contribution in [1.82, 2.24) is 5.32 Å². The van der Waals surface area contributed by atoms with Gasteiger partial charge in [0.25, 0.3) is 5.91 Å². The van der Waals surface area contributed by atoms with Crippen molar-refractivity contribution in [3.8, 4) is 0 Å². The summed E-state index contributed by atoms with van der Waals surface area (Å²) in [6.07, 6.45) is 0.0364. The van der Waals surface area contributed by atoms with Crippen LogP contribution in [0.5, 0.6) is 0 Å². The Bertz CT molecular complexity index is 1050. The van der Waals surface area contributed by atoms with Gasteiger partial charge >= 0.3 is 0 Å². The lowest BCUT2D eigenvalue weighted by molar-refractivity contribution is -0.116. The molecule has 0 bridgehead atoms. The fourth-order valence-corrected chi connectivity index (χ4v) is 3.23. The van der Waals surface area contributed by atoms with Crippen molar-refractivity contribution in [3.05, 3.63) is 101 Å². The Balaban J connectivity index is 1.74. The van der Waals surface area contributed by atoms with Gasteiger partial charge in [-0.1, -0.05) is 54.1 Å². The molecule has 0 aliphatic heterocycles. The zero-order valence-corrected chi connectivity index (χ0v) is 17.1. The van der Waals surface area contributed by atoms with E-state index in [1.807, 2.05) is 30.3 Å². The first-order valence-electron chi connectivity index (χ1n) is 9.45. The van der Waals surface area contributed by atoms with Crippen LogP contribution in [-0.2, 0) is 4.79 Å². The van der Waals surface area contributed by atoms with E-state index in [0.29, 0.717) is 21.8 Å². The number of carbonyl (C=O) groups is 3. The van der Waals surface area contributed by atoms with Gasteiger partial charge < -0.3 is 10.6 Å². The summed E-state index contributed by atoms with van der Waals surface area (Å²) in [6, 6.07) is 22.2. The van der Waals surface area contributed by atoms with Crippen LogP contribution in [0.25, 0.3) is 0 Å². The number of Topliss-reactive ketones (excluding diaryl/α,β-unsaturated/α-hetero) is 1. The number of hydrogen-bond donors (Lipinski definition) is 2. The second kappa shape index (κ2) is 9.85. The first-order chi connectivity index (χ1) is 14.4. The summed E-state index contributed by atoms with van der Waals surface area (Å²) in [4.78, 5) is 36.8. The molecule has 0 heterocycles. The standard InChI is InChI=1S/C24H21ClN2O3/c1-16(28)17-11-13-19(14-12-17)26-23(29)15-22(18-7-3-2-4-8-18)27-24(30)20-9-5-6-10-21(20)25/h2-14,22H,15H2,1H3,(H,26,29)(H,27,30)/t22-/m0/s1. The molecule has 0 aliphatic carbocycles. The minimum atomic E-state index is -0.536. The average molecular weight is 421 g/mol. The Morgan fingerprint density at radius 3 is 2.13 bits per heavy atom. The Labute approximate surface area is 180 Å². The third-order valence-corrected chi connectivity index (χ3v) is 4.92. The topological polar surface area (TPSA) is 75.3 Å². The number of carbonyl (C=O) groups excluding carboxylic acids is 3. The first kappa shape index (κ1) is 21.3. The van der Waals surface area contributed by atoms with Gasteiger partial charge in [-0.25, -0.2) is 0 Å². The molecule has 6 heteroatoms. The molecule has 0 radical (unpaired) electrons. The van der Waals surface area contributed by atoms with E-state index in [1.165, 1.54) is 6.92 Å². The fraction of sp³-hybridized carbons (Fsp3) is 0.125. The number of rotatable bonds is 7. The van der Waals surface area contributed by atoms with Crippen LogP contribution in [0.15, 0.2) is 78.9 Å². The average Bonchev–Trinajstić information content (AvgIpc) is 2.74. The maximum atomic E-state index is 12.7. The highest BCUT2D eigenvalue weighted by molar-refractivity contribution is 6.33. The normalized spacial score (nSPS) is 11.4. The summed E-state index contributed by atoms with van der Waals surface area (Å²) < 4.78 is 0. The monoisotopic (exact) mass is 420 g/mol. The molecule has 2 N–H and O–H groups in total. The number of anilines is 1. The Hall–Kier alpha value is -3.44. The van der Waals surface area contributed by atoms with Crippen LogP contribution in [0.4, 0.5) is 5.69 Å². The van der Waals surface area contributed by atoms with Crippen molar-refractivity contribution in [2.75, 3.05) is 5.32 Å². The highest BCUT2D eigenvalue weighted by Gasteiger charge is 2.20. The molecule has 1 atom stereocenters. The summed E-state index contributed by atoms with van der Waals surface area (Å²) in [5, 5.41) is 6.05. The smallest absolute Gasteiger partial charge is 0.253 e. The highest BCUT2D eigenvalue weighted by Crippen LogP contribution is 2.21. The fourth-order valence-electron chi connectivity index (χ4n) is 3.00. The summed E-state index contributed by atoms with van der Waals surface area (Å²) in [5.74, 6) is -0.661. The molecule has 0 fully saturated rings. The van der Waals surface area contributed by atoms with Gasteiger partial charge in [0.05, 0.1) is 23.0 Å². The Morgan fingerprint density at radius 2 is 1.50 bits per heavy atom. The van der Waals surface area contributed by atoms with E-state index >= 15 is 0 Å². The maximum Gasteiger partial charge on any atom is 0.253 e. The summed E-state index contributed by atoms with van der Waals surface area (Å²) in [6.45, 7) is 1.49. The number of nitrogens with one attached hydrogen (secondary N) is 2. The molecule has 3 aromatic carbocycles. The van der Waals surface area contributed by atoms with Crippen molar-refractivity contribution in [2.45, 2.75) is 19.4 Å². The van der Waals surface area contributed by atoms with E-state index in [-0.39, 0.29) is 24.0 Å². The number of benzene rings is 3. The van der Waals surface area contributed by atoms with E-state index in [2.05, 4.69) is 10.6 Å². The summed E-state index contributed by atoms with van der Waals surface area (Å²) in [7, 11) is 0. The molecular formula is C24H21ClN2O3. The lowest BCUT2D eigenvalue weighted by atomic mass is 10.0. The van der Waals surface area contributed by atoms with Crippen molar-refractivity contribution < 1.29 is 14.4 Å². The lowest BCUT2D eigenvalue weighted by Gasteiger charge is -2.19. The third-order valence-electron chi connectivity index (χ3n) is 4.59. The minimum absolute atomic E-state index is 0.0364. The van der Waals surface area contributed by atoms with Gasteiger partial charge in [0.1, 0.15) is 0 Å². The largest absolute Gasteiger partial charge is 0.345 e. The molecule has 0 spiro atoms. The van der Waals surface area contributed by atoms with Gasteiger partial charge in [0.15, 0.2) is 5.78 Å². The van der Waals surface area contributed by atoms with Gasteiger partial charge in [-0.15, -0.1) is 0 Å². The van der Waals surface area contributed by atoms with Crippen molar-refractivity contribution in [2.24, 2.45) is 0 Å². The molecule has 3 aromatic rings.